The van der Waals surface area contributed by atoms with E-state index in [-0.39, 0.29) is 5.41 Å². The number of benzene rings is 5. The van der Waals surface area contributed by atoms with Crippen molar-refractivity contribution in [2.24, 2.45) is 5.92 Å². The summed E-state index contributed by atoms with van der Waals surface area (Å²) in [5.74, 6) is 0.547. The normalized spacial score (nSPS) is 16.2. The third-order valence-corrected chi connectivity index (χ3v) is 9.44. The first-order valence-corrected chi connectivity index (χ1v) is 14.4. The van der Waals surface area contributed by atoms with Gasteiger partial charge in [0.15, 0.2) is 0 Å². The van der Waals surface area contributed by atoms with Gasteiger partial charge < -0.3 is 4.57 Å². The number of allylic oxidation sites excluding steroid dienone is 4. The van der Waals surface area contributed by atoms with E-state index in [2.05, 4.69) is 129 Å². The highest BCUT2D eigenvalue weighted by molar-refractivity contribution is 6.27. The highest BCUT2D eigenvalue weighted by Gasteiger charge is 2.35. The average molecular weight is 504 g/mol. The van der Waals surface area contributed by atoms with E-state index in [4.69, 9.17) is 0 Å². The van der Waals surface area contributed by atoms with Crippen molar-refractivity contribution in [2.75, 3.05) is 0 Å². The van der Waals surface area contributed by atoms with E-state index >= 15 is 0 Å². The van der Waals surface area contributed by atoms with Crippen LogP contribution in [-0.4, -0.2) is 4.57 Å². The quantitative estimate of drug-likeness (QED) is 0.221. The van der Waals surface area contributed by atoms with Crippen LogP contribution < -0.4 is 0 Å². The van der Waals surface area contributed by atoms with Crippen LogP contribution in [-0.2, 0) is 5.41 Å². The van der Waals surface area contributed by atoms with Crippen molar-refractivity contribution in [3.8, 4) is 11.1 Å². The van der Waals surface area contributed by atoms with E-state index in [1.165, 1.54) is 71.3 Å². The second-order valence-corrected chi connectivity index (χ2v) is 12.3. The Balaban J connectivity index is 1.67. The molecule has 2 aliphatic carbocycles. The molecule has 0 radical (unpaired) electrons. The van der Waals surface area contributed by atoms with Gasteiger partial charge in [0.25, 0.3) is 0 Å². The van der Waals surface area contributed by atoms with Crippen molar-refractivity contribution in [2.45, 2.75) is 46.0 Å². The lowest BCUT2D eigenvalue weighted by atomic mass is 9.68. The van der Waals surface area contributed by atoms with Crippen LogP contribution in [0.1, 0.15) is 51.7 Å². The summed E-state index contributed by atoms with van der Waals surface area (Å²) in [7, 11) is 0. The van der Waals surface area contributed by atoms with Gasteiger partial charge in [0.2, 0.25) is 0 Å². The summed E-state index contributed by atoms with van der Waals surface area (Å²) >= 11 is 0. The summed E-state index contributed by atoms with van der Waals surface area (Å²) in [4.78, 5) is 0. The highest BCUT2D eigenvalue weighted by atomic mass is 15.0. The summed E-state index contributed by atoms with van der Waals surface area (Å²) in [6, 6.07) is 32.0. The van der Waals surface area contributed by atoms with Gasteiger partial charge in [-0.1, -0.05) is 118 Å². The molecule has 1 nitrogen and oxygen atoms in total. The SMILES string of the molecule is CC(C)C1=CC(n2c3c4c5c(cccc5cc3c3ccc5ccccc5c32)C(C)(C)c2ccccc2-4)=CCC1. The topological polar surface area (TPSA) is 4.93 Å². The standard InChI is InChI=1S/C38H33N/c1-23(2)25-12-9-14-27(21-25)39-36-28-15-6-5-11-24(28)19-20-29(36)31-22-26-13-10-18-33-34(26)35(37(31)39)30-16-7-8-17-32(30)38(33,3)4/h5-8,10-11,13-23H,9,12H2,1-4H3. The summed E-state index contributed by atoms with van der Waals surface area (Å²) in [6.45, 7) is 9.44. The molecule has 0 saturated carbocycles. The zero-order valence-corrected chi connectivity index (χ0v) is 23.2. The van der Waals surface area contributed by atoms with Gasteiger partial charge in [-0.05, 0) is 63.8 Å². The van der Waals surface area contributed by atoms with E-state index in [9.17, 15) is 0 Å². The van der Waals surface area contributed by atoms with Gasteiger partial charge in [-0.25, -0.2) is 0 Å². The Morgan fingerprint density at radius 2 is 1.49 bits per heavy atom. The molecule has 0 unspecified atom stereocenters. The minimum Gasteiger partial charge on any atom is -0.308 e. The van der Waals surface area contributed by atoms with E-state index in [0.29, 0.717) is 5.92 Å². The number of nitrogens with zero attached hydrogens (tertiary/aromatic N) is 1. The molecule has 1 heteroatoms. The van der Waals surface area contributed by atoms with Crippen LogP contribution in [0, 0.1) is 5.92 Å². The van der Waals surface area contributed by atoms with Gasteiger partial charge in [-0.3, -0.25) is 0 Å². The number of fused-ring (bicyclic) bond motifs is 8. The maximum absolute atomic E-state index is 2.62. The third-order valence-electron chi connectivity index (χ3n) is 9.44. The second-order valence-electron chi connectivity index (χ2n) is 12.3. The van der Waals surface area contributed by atoms with Crippen molar-refractivity contribution >= 4 is 49.0 Å². The van der Waals surface area contributed by atoms with Gasteiger partial charge in [0.1, 0.15) is 0 Å². The molecule has 0 amide bonds. The van der Waals surface area contributed by atoms with Crippen molar-refractivity contribution in [3.63, 3.8) is 0 Å². The lowest BCUT2D eigenvalue weighted by Gasteiger charge is -2.35. The van der Waals surface area contributed by atoms with Crippen LogP contribution in [0.4, 0.5) is 0 Å². The molecular formula is C38H33N. The minimum absolute atomic E-state index is 0.0604. The van der Waals surface area contributed by atoms with Crippen molar-refractivity contribution < 1.29 is 0 Å². The molecule has 1 heterocycles. The monoisotopic (exact) mass is 503 g/mol. The first kappa shape index (κ1) is 22.8. The fourth-order valence-electron chi connectivity index (χ4n) is 7.46. The maximum Gasteiger partial charge on any atom is 0.0626 e. The second kappa shape index (κ2) is 7.96. The molecule has 2 aliphatic rings. The Morgan fingerprint density at radius 1 is 0.718 bits per heavy atom. The predicted molar refractivity (Wildman–Crippen MR) is 168 cm³/mol. The van der Waals surface area contributed by atoms with Gasteiger partial charge in [0, 0.05) is 32.8 Å². The Morgan fingerprint density at radius 3 is 2.36 bits per heavy atom. The molecule has 0 N–H and O–H groups in total. The summed E-state index contributed by atoms with van der Waals surface area (Å²) in [6.07, 6.45) is 7.18. The van der Waals surface area contributed by atoms with Gasteiger partial charge in [-0.15, -0.1) is 0 Å². The predicted octanol–water partition coefficient (Wildman–Crippen LogP) is 10.6. The van der Waals surface area contributed by atoms with Gasteiger partial charge in [0.05, 0.1) is 11.0 Å². The molecule has 0 bridgehead atoms. The van der Waals surface area contributed by atoms with Gasteiger partial charge >= 0.3 is 0 Å². The van der Waals surface area contributed by atoms with Gasteiger partial charge in [-0.2, -0.15) is 0 Å². The van der Waals surface area contributed by atoms with Crippen LogP contribution in [0.2, 0.25) is 0 Å². The molecule has 1 aromatic heterocycles. The summed E-state index contributed by atoms with van der Waals surface area (Å²) in [5.41, 5.74) is 11.1. The Kier molecular flexibility index (Phi) is 4.66. The van der Waals surface area contributed by atoms with Crippen LogP contribution in [0.25, 0.3) is 60.2 Å². The van der Waals surface area contributed by atoms with E-state index in [1.807, 2.05) is 0 Å². The Hall–Kier alpha value is -4.10. The maximum atomic E-state index is 2.62. The lowest BCUT2D eigenvalue weighted by molar-refractivity contribution is 0.645. The Bertz CT molecular complexity index is 2060. The molecule has 39 heavy (non-hydrogen) atoms. The molecule has 0 saturated heterocycles. The van der Waals surface area contributed by atoms with Crippen LogP contribution in [0.5, 0.6) is 0 Å². The molecule has 6 aromatic rings. The molecule has 5 aromatic carbocycles. The van der Waals surface area contributed by atoms with E-state index < -0.39 is 0 Å². The van der Waals surface area contributed by atoms with E-state index in [1.54, 1.807) is 5.57 Å². The molecule has 0 spiro atoms. The summed E-state index contributed by atoms with van der Waals surface area (Å²) < 4.78 is 2.62. The first-order valence-electron chi connectivity index (χ1n) is 14.4. The molecule has 190 valence electrons. The number of hydrogen-bond acceptors (Lipinski definition) is 0. The zero-order valence-electron chi connectivity index (χ0n) is 23.2. The van der Waals surface area contributed by atoms with Crippen molar-refractivity contribution in [1.29, 1.82) is 0 Å². The number of aromatic nitrogens is 1. The van der Waals surface area contributed by atoms with Crippen molar-refractivity contribution in [3.05, 3.63) is 114 Å². The van der Waals surface area contributed by atoms with Crippen LogP contribution in [0.3, 0.4) is 0 Å². The fourth-order valence-corrected chi connectivity index (χ4v) is 7.46. The Labute approximate surface area is 230 Å². The average Bonchev–Trinajstić information content (AvgIpc) is 3.29. The first-order chi connectivity index (χ1) is 18.9. The lowest BCUT2D eigenvalue weighted by Crippen LogP contribution is -2.23. The number of hydrogen-bond donors (Lipinski definition) is 0. The van der Waals surface area contributed by atoms with Crippen LogP contribution >= 0.6 is 0 Å². The molecular weight excluding hydrogens is 470 g/mol. The summed E-state index contributed by atoms with van der Waals surface area (Å²) in [5, 5.41) is 8.03. The van der Waals surface area contributed by atoms with E-state index in [0.717, 1.165) is 12.8 Å². The molecule has 0 aliphatic heterocycles. The molecule has 0 atom stereocenters. The molecule has 0 fully saturated rings. The van der Waals surface area contributed by atoms with Crippen LogP contribution in [0.15, 0.2) is 103 Å². The zero-order chi connectivity index (χ0) is 26.5. The highest BCUT2D eigenvalue weighted by Crippen LogP contribution is 2.53. The fraction of sp³-hybridized carbons (Fsp3) is 0.211. The minimum atomic E-state index is -0.0604. The molecule has 8 rings (SSSR count). The third kappa shape index (κ3) is 3.02. The largest absolute Gasteiger partial charge is 0.308 e. The van der Waals surface area contributed by atoms with Crippen molar-refractivity contribution in [1.82, 2.24) is 4.57 Å². The smallest absolute Gasteiger partial charge is 0.0626 e. The number of rotatable bonds is 2.